The number of methoxy groups -OCH3 is 1. The van der Waals surface area contributed by atoms with E-state index in [0.29, 0.717) is 65.4 Å². The molecule has 2 aromatic carbocycles. The number of allylic oxidation sites excluding steroid dienone is 4. The van der Waals surface area contributed by atoms with Crippen molar-refractivity contribution < 1.29 is 48.3 Å². The molecule has 0 spiro atoms. The highest BCUT2D eigenvalue weighted by Crippen LogP contribution is 2.68. The second-order valence-electron chi connectivity index (χ2n) is 19.3. The fourth-order valence-corrected chi connectivity index (χ4v) is 11.5. The van der Waals surface area contributed by atoms with E-state index in [1.807, 2.05) is 44.2 Å². The number of ether oxygens (including phenoxy) is 4. The van der Waals surface area contributed by atoms with Crippen LogP contribution in [-0.4, -0.2) is 63.5 Å². The molecule has 10 nitrogen and oxygen atoms in total. The van der Waals surface area contributed by atoms with Gasteiger partial charge in [0, 0.05) is 43.2 Å². The van der Waals surface area contributed by atoms with E-state index < -0.39 is 22.9 Å². The Morgan fingerprint density at radius 2 is 1.64 bits per heavy atom. The summed E-state index contributed by atoms with van der Waals surface area (Å²) in [5.74, 6) is 2.40. The fraction of sp³-hybridized carbons (Fsp3) is 0.551. The summed E-state index contributed by atoms with van der Waals surface area (Å²) in [6.07, 6.45) is 12.8. The van der Waals surface area contributed by atoms with Gasteiger partial charge >= 0.3 is 5.97 Å². The van der Waals surface area contributed by atoms with Crippen LogP contribution in [0.4, 0.5) is 0 Å². The van der Waals surface area contributed by atoms with Crippen LogP contribution < -0.4 is 14.2 Å². The minimum Gasteiger partial charge on any atom is -0.507 e. The number of esters is 1. The van der Waals surface area contributed by atoms with Gasteiger partial charge in [0.25, 0.3) is 0 Å². The Hall–Kier alpha value is -4.70. The third-order valence-corrected chi connectivity index (χ3v) is 14.7. The van der Waals surface area contributed by atoms with Crippen molar-refractivity contribution in [2.45, 2.75) is 137 Å². The molecule has 4 aliphatic carbocycles. The Morgan fingerprint density at radius 1 is 0.932 bits per heavy atom. The number of fused-ring (bicyclic) bond motifs is 7. The van der Waals surface area contributed by atoms with Gasteiger partial charge in [-0.15, -0.1) is 0 Å². The van der Waals surface area contributed by atoms with Gasteiger partial charge in [0.15, 0.2) is 23.0 Å². The van der Waals surface area contributed by atoms with Gasteiger partial charge in [-0.1, -0.05) is 31.6 Å². The second-order valence-corrected chi connectivity index (χ2v) is 19.3. The number of aliphatic hydroxyl groups is 1. The number of benzene rings is 2. The Kier molecular flexibility index (Phi) is 10.6. The molecule has 2 aromatic rings. The Balaban J connectivity index is 0.000000180. The summed E-state index contributed by atoms with van der Waals surface area (Å²) >= 11 is 0. The van der Waals surface area contributed by atoms with Crippen LogP contribution in [0.15, 0.2) is 53.6 Å². The lowest BCUT2D eigenvalue weighted by atomic mass is 9.47. The normalized spacial score (nSPS) is 31.7. The Bertz CT molecular complexity index is 2210. The quantitative estimate of drug-likeness (QED) is 0.215. The molecule has 8 rings (SSSR count). The topological polar surface area (TPSA) is 146 Å². The van der Waals surface area contributed by atoms with Gasteiger partial charge in [0.1, 0.15) is 34.2 Å². The van der Waals surface area contributed by atoms with Crippen molar-refractivity contribution in [1.29, 1.82) is 0 Å². The van der Waals surface area contributed by atoms with Crippen LogP contribution in [0.2, 0.25) is 0 Å². The number of aromatic hydroxyl groups is 1. The molecule has 2 saturated carbocycles. The molecule has 0 amide bonds. The van der Waals surface area contributed by atoms with Crippen LogP contribution in [0.5, 0.6) is 23.0 Å². The van der Waals surface area contributed by atoms with E-state index in [1.54, 1.807) is 33.9 Å². The van der Waals surface area contributed by atoms with Crippen LogP contribution in [0.1, 0.15) is 128 Å². The minimum absolute atomic E-state index is 0.0160. The van der Waals surface area contributed by atoms with Gasteiger partial charge in [0.05, 0.1) is 24.3 Å². The number of carbonyl (C=O) groups is 4. The largest absolute Gasteiger partial charge is 0.507 e. The van der Waals surface area contributed by atoms with Crippen molar-refractivity contribution in [1.82, 2.24) is 0 Å². The van der Waals surface area contributed by atoms with Crippen molar-refractivity contribution in [2.75, 3.05) is 7.11 Å². The van der Waals surface area contributed by atoms with Gasteiger partial charge in [-0.25, -0.2) is 0 Å². The van der Waals surface area contributed by atoms with Crippen LogP contribution in [0.25, 0.3) is 6.08 Å². The van der Waals surface area contributed by atoms with E-state index in [4.69, 9.17) is 18.9 Å². The molecule has 7 unspecified atom stereocenters. The lowest BCUT2D eigenvalue weighted by Crippen LogP contribution is -2.58. The molecular weight excluding hydrogens is 749 g/mol. The number of carbonyl (C=O) groups excluding carboxylic acids is 4. The number of hydrogen-bond acceptors (Lipinski definition) is 10. The predicted octanol–water partition coefficient (Wildman–Crippen LogP) is 8.66. The van der Waals surface area contributed by atoms with Crippen molar-refractivity contribution in [3.05, 3.63) is 75.9 Å². The van der Waals surface area contributed by atoms with E-state index in [1.165, 1.54) is 24.1 Å². The number of phenols is 1. The van der Waals surface area contributed by atoms with E-state index in [-0.39, 0.29) is 51.9 Å². The smallest absolute Gasteiger partial charge is 0.303 e. The van der Waals surface area contributed by atoms with Gasteiger partial charge < -0.3 is 29.2 Å². The average molecular weight is 809 g/mol. The van der Waals surface area contributed by atoms with Crippen LogP contribution in [-0.2, 0) is 32.0 Å². The summed E-state index contributed by atoms with van der Waals surface area (Å²) in [7, 11) is 1.56. The Labute approximate surface area is 348 Å². The van der Waals surface area contributed by atoms with E-state index >= 15 is 0 Å². The first kappa shape index (κ1) is 42.4. The maximum atomic E-state index is 13.1. The van der Waals surface area contributed by atoms with Crippen molar-refractivity contribution in [3.8, 4) is 23.0 Å². The zero-order valence-electron chi connectivity index (χ0n) is 36.2. The van der Waals surface area contributed by atoms with Gasteiger partial charge in [0.2, 0.25) is 0 Å². The molecule has 2 N–H and O–H groups in total. The molecule has 0 radical (unpaired) electrons. The zero-order valence-corrected chi connectivity index (χ0v) is 36.2. The van der Waals surface area contributed by atoms with Crippen LogP contribution in [0, 0.1) is 28.6 Å². The SMILES string of the molecule is CC(=O)OC1(C(C)=O)CCC2C3C=C(C)C4=CC(=O)CCC4(C)C3CCC21C.COc1c(CC(=O)c2cc3c(cc2O)OC(C)(C)C(O)C3)ccc2c1C=CC(C)(C)O2. The molecule has 2 aliphatic heterocycles. The van der Waals surface area contributed by atoms with Gasteiger partial charge in [-0.3, -0.25) is 19.2 Å². The second kappa shape index (κ2) is 14.8. The fourth-order valence-electron chi connectivity index (χ4n) is 11.5. The summed E-state index contributed by atoms with van der Waals surface area (Å²) in [4.78, 5) is 49.9. The van der Waals surface area contributed by atoms with Crippen molar-refractivity contribution >= 4 is 29.4 Å². The molecule has 2 fully saturated rings. The Morgan fingerprint density at radius 3 is 2.32 bits per heavy atom. The van der Waals surface area contributed by atoms with Crippen molar-refractivity contribution in [3.63, 3.8) is 0 Å². The maximum Gasteiger partial charge on any atom is 0.303 e. The molecule has 0 bridgehead atoms. The number of hydrogen-bond donors (Lipinski definition) is 2. The van der Waals surface area contributed by atoms with E-state index in [2.05, 4.69) is 26.8 Å². The summed E-state index contributed by atoms with van der Waals surface area (Å²) in [6.45, 7) is 17.1. The lowest BCUT2D eigenvalue weighted by molar-refractivity contribution is -0.185. The van der Waals surface area contributed by atoms with E-state index in [9.17, 15) is 29.4 Å². The van der Waals surface area contributed by atoms with Gasteiger partial charge in [-0.2, -0.15) is 0 Å². The zero-order chi connectivity index (χ0) is 43.0. The lowest BCUT2D eigenvalue weighted by Gasteiger charge is -2.58. The number of ketones is 3. The summed E-state index contributed by atoms with van der Waals surface area (Å²) < 4.78 is 23.2. The molecule has 0 aromatic heterocycles. The summed E-state index contributed by atoms with van der Waals surface area (Å²) in [6, 6.07) is 6.72. The summed E-state index contributed by atoms with van der Waals surface area (Å²) in [5, 5.41) is 20.8. The first-order chi connectivity index (χ1) is 27.6. The standard InChI is InChI=1S/C25H28O6.C24H32O4/c1-24(2)9-8-16-20(30-24)7-6-14(23(16)29-5)11-18(26)17-10-15-12-22(28)25(3,4)31-21(15)13-19(17)27;1-14-12-18-19(22(4)9-6-17(27)13-21(14)22)7-10-23(5)20(18)8-11-24(23,15(2)25)28-16(3)26/h6-10,13,22,27-28H,11-12H2,1-5H3;12-13,18-20H,6-11H2,1-5H3. The highest BCUT2D eigenvalue weighted by molar-refractivity contribution is 6.01. The predicted molar refractivity (Wildman–Crippen MR) is 224 cm³/mol. The monoisotopic (exact) mass is 808 g/mol. The average Bonchev–Trinajstić information content (AvgIpc) is 3.45. The number of phenolic OH excluding ortho intramolecular Hbond substituents is 1. The number of rotatable bonds is 6. The van der Waals surface area contributed by atoms with Crippen molar-refractivity contribution in [2.24, 2.45) is 28.6 Å². The molecule has 10 heteroatoms. The molecule has 316 valence electrons. The molecule has 2 heterocycles. The third kappa shape index (κ3) is 7.13. The van der Waals surface area contributed by atoms with Crippen LogP contribution >= 0.6 is 0 Å². The number of Topliss-reactive ketones (excluding diaryl/α,β-unsaturated/α-hetero) is 2. The van der Waals surface area contributed by atoms with Gasteiger partial charge in [-0.05, 0) is 138 Å². The molecular formula is C49H60O10. The number of aliphatic hydroxyl groups excluding tert-OH is 1. The molecule has 6 aliphatic rings. The first-order valence-corrected chi connectivity index (χ1v) is 21.0. The molecule has 0 saturated heterocycles. The first-order valence-electron chi connectivity index (χ1n) is 21.0. The molecule has 7 atom stereocenters. The maximum absolute atomic E-state index is 13.1. The highest BCUT2D eigenvalue weighted by atomic mass is 16.6. The molecule has 59 heavy (non-hydrogen) atoms. The summed E-state index contributed by atoms with van der Waals surface area (Å²) in [5.41, 5.74) is 2.37. The van der Waals surface area contributed by atoms with Crippen LogP contribution in [0.3, 0.4) is 0 Å². The van der Waals surface area contributed by atoms with E-state index in [0.717, 1.165) is 31.2 Å². The third-order valence-electron chi connectivity index (χ3n) is 14.7. The minimum atomic E-state index is -0.990. The highest BCUT2D eigenvalue weighted by Gasteiger charge is 2.67.